The number of hydrogen-bond donors (Lipinski definition) is 3. The van der Waals surface area contributed by atoms with Crippen LogP contribution in [0.15, 0.2) is 23.7 Å². The molecule has 0 atom stereocenters. The molecule has 2 aromatic heterocycles. The van der Waals surface area contributed by atoms with Crippen molar-refractivity contribution in [1.29, 1.82) is 5.26 Å². The molecule has 11 heteroatoms. The number of hydrogen-bond acceptors (Lipinski definition) is 7. The number of thiazole rings is 2. The molecule has 0 spiro atoms. The normalized spacial score (nSPS) is 10.3. The highest BCUT2D eigenvalue weighted by Crippen LogP contribution is 2.35. The van der Waals surface area contributed by atoms with Gasteiger partial charge in [-0.1, -0.05) is 11.3 Å². The van der Waals surface area contributed by atoms with Gasteiger partial charge in [-0.3, -0.25) is 5.32 Å². The van der Waals surface area contributed by atoms with Gasteiger partial charge in [0.15, 0.2) is 5.13 Å². The number of urea groups is 1. The highest BCUT2D eigenvalue weighted by atomic mass is 32.1. The van der Waals surface area contributed by atoms with Gasteiger partial charge >= 0.3 is 6.03 Å². The first-order valence-corrected chi connectivity index (χ1v) is 9.22. The summed E-state index contributed by atoms with van der Waals surface area (Å²) in [7, 11) is 1.55. The zero-order valence-electron chi connectivity index (χ0n) is 13.8. The van der Waals surface area contributed by atoms with Crippen molar-refractivity contribution in [1.82, 2.24) is 15.3 Å². The van der Waals surface area contributed by atoms with Crippen LogP contribution in [0.25, 0.3) is 21.1 Å². The van der Waals surface area contributed by atoms with Crippen LogP contribution >= 0.6 is 22.7 Å². The Hall–Kier alpha value is -3.10. The van der Waals surface area contributed by atoms with Crippen LogP contribution in [0.3, 0.4) is 0 Å². The Kier molecular flexibility index (Phi) is 5.58. The van der Waals surface area contributed by atoms with E-state index in [9.17, 15) is 13.6 Å². The minimum absolute atomic E-state index is 0.113. The molecule has 0 aliphatic carbocycles. The van der Waals surface area contributed by atoms with Crippen LogP contribution in [-0.2, 0) is 0 Å². The van der Waals surface area contributed by atoms with Gasteiger partial charge in [0.25, 0.3) is 0 Å². The highest BCUT2D eigenvalue weighted by molar-refractivity contribution is 7.23. The van der Waals surface area contributed by atoms with Gasteiger partial charge in [0.2, 0.25) is 0 Å². The van der Waals surface area contributed by atoms with E-state index in [4.69, 9.17) is 5.26 Å². The SMILES string of the molecule is CNc1cc(-c2csc(-c3cnc(NC(=O)NCC#N)s3)n2)c(F)cc1F. The molecule has 3 rings (SSSR count). The number of nitriles is 1. The largest absolute Gasteiger partial charge is 0.386 e. The van der Waals surface area contributed by atoms with Gasteiger partial charge < -0.3 is 10.6 Å². The Morgan fingerprint density at radius 3 is 2.89 bits per heavy atom. The lowest BCUT2D eigenvalue weighted by Crippen LogP contribution is -2.28. The minimum Gasteiger partial charge on any atom is -0.386 e. The number of nitrogens with zero attached hydrogens (tertiary/aromatic N) is 3. The third-order valence-electron chi connectivity index (χ3n) is 3.37. The maximum Gasteiger partial charge on any atom is 0.321 e. The second kappa shape index (κ2) is 8.07. The quantitative estimate of drug-likeness (QED) is 0.558. The van der Waals surface area contributed by atoms with E-state index in [-0.39, 0.29) is 17.8 Å². The van der Waals surface area contributed by atoms with E-state index >= 15 is 0 Å². The summed E-state index contributed by atoms with van der Waals surface area (Å²) in [5, 5.41) is 18.5. The smallest absolute Gasteiger partial charge is 0.321 e. The molecule has 0 aliphatic heterocycles. The summed E-state index contributed by atoms with van der Waals surface area (Å²) in [6.45, 7) is -0.113. The minimum atomic E-state index is -0.704. The summed E-state index contributed by atoms with van der Waals surface area (Å²) in [6.07, 6.45) is 1.53. The van der Waals surface area contributed by atoms with E-state index in [1.807, 2.05) is 0 Å². The molecule has 3 N–H and O–H groups in total. The summed E-state index contributed by atoms with van der Waals surface area (Å²) in [5.74, 6) is -1.38. The number of aromatic nitrogens is 2. The zero-order valence-corrected chi connectivity index (χ0v) is 15.5. The van der Waals surface area contributed by atoms with Gasteiger partial charge in [0.05, 0.1) is 28.5 Å². The number of nitrogens with one attached hydrogen (secondary N) is 3. The Labute approximate surface area is 160 Å². The zero-order chi connectivity index (χ0) is 19.4. The molecule has 3 aromatic rings. The van der Waals surface area contributed by atoms with Crippen molar-refractivity contribution in [2.75, 3.05) is 24.2 Å². The summed E-state index contributed by atoms with van der Waals surface area (Å²) in [6, 6.07) is 3.44. The number of anilines is 2. The molecule has 0 fully saturated rings. The lowest BCUT2D eigenvalue weighted by molar-refractivity contribution is 0.253. The molecule has 0 aliphatic rings. The van der Waals surface area contributed by atoms with E-state index < -0.39 is 17.7 Å². The fourth-order valence-electron chi connectivity index (χ4n) is 2.14. The second-order valence-electron chi connectivity index (χ2n) is 5.10. The predicted octanol–water partition coefficient (Wildman–Crippen LogP) is 3.90. The molecule has 1 aromatic carbocycles. The van der Waals surface area contributed by atoms with E-state index in [2.05, 4.69) is 25.9 Å². The number of halogens is 2. The lowest BCUT2D eigenvalue weighted by Gasteiger charge is -2.06. The van der Waals surface area contributed by atoms with Crippen LogP contribution in [0.2, 0.25) is 0 Å². The molecule has 27 heavy (non-hydrogen) atoms. The molecule has 7 nitrogen and oxygen atoms in total. The van der Waals surface area contributed by atoms with Crippen molar-refractivity contribution in [3.05, 3.63) is 35.3 Å². The van der Waals surface area contributed by atoms with Crippen molar-refractivity contribution in [3.8, 4) is 27.2 Å². The molecular weight excluding hydrogens is 394 g/mol. The van der Waals surface area contributed by atoms with Crippen LogP contribution in [0, 0.1) is 23.0 Å². The first-order valence-electron chi connectivity index (χ1n) is 7.52. The topological polar surface area (TPSA) is 103 Å². The van der Waals surface area contributed by atoms with Gasteiger partial charge in [0.1, 0.15) is 23.2 Å². The number of rotatable bonds is 5. The Bertz CT molecular complexity index is 1030. The van der Waals surface area contributed by atoms with Gasteiger partial charge in [-0.25, -0.2) is 23.5 Å². The number of carbonyl (C=O) groups excluding carboxylic acids is 1. The van der Waals surface area contributed by atoms with E-state index in [0.29, 0.717) is 20.7 Å². The summed E-state index contributed by atoms with van der Waals surface area (Å²) >= 11 is 2.46. The van der Waals surface area contributed by atoms with Crippen molar-refractivity contribution >= 4 is 39.5 Å². The number of benzene rings is 1. The third kappa shape index (κ3) is 4.18. The van der Waals surface area contributed by atoms with E-state index in [0.717, 1.165) is 6.07 Å². The van der Waals surface area contributed by atoms with Crippen molar-refractivity contribution in [3.63, 3.8) is 0 Å². The Morgan fingerprint density at radius 1 is 1.33 bits per heavy atom. The highest BCUT2D eigenvalue weighted by Gasteiger charge is 2.16. The molecule has 2 amide bonds. The molecule has 138 valence electrons. The van der Waals surface area contributed by atoms with Gasteiger partial charge in [0, 0.05) is 24.1 Å². The molecule has 2 heterocycles. The van der Waals surface area contributed by atoms with Crippen LogP contribution < -0.4 is 16.0 Å². The van der Waals surface area contributed by atoms with Crippen LogP contribution in [0.1, 0.15) is 0 Å². The van der Waals surface area contributed by atoms with Crippen molar-refractivity contribution in [2.45, 2.75) is 0 Å². The maximum absolute atomic E-state index is 14.1. The third-order valence-corrected chi connectivity index (χ3v) is 5.30. The summed E-state index contributed by atoms with van der Waals surface area (Å²) in [5.41, 5.74) is 0.731. The number of carbonyl (C=O) groups is 1. The standard InChI is InChI=1S/C16H12F2N6OS2/c1-20-11-4-8(9(17)5-10(11)18)12-7-26-14(23-12)13-6-22-16(27-13)24-15(25)21-3-2-19/h4-7,20H,3H2,1H3,(H2,21,22,24,25). The summed E-state index contributed by atoms with van der Waals surface area (Å²) in [4.78, 5) is 20.7. The van der Waals surface area contributed by atoms with Crippen LogP contribution in [0.4, 0.5) is 24.4 Å². The van der Waals surface area contributed by atoms with Gasteiger partial charge in [-0.05, 0) is 6.07 Å². The number of amides is 2. The molecule has 0 saturated carbocycles. The molecular formula is C16H12F2N6OS2. The molecule has 0 radical (unpaired) electrons. The first-order chi connectivity index (χ1) is 13.0. The Balaban J connectivity index is 1.81. The maximum atomic E-state index is 14.1. The fourth-order valence-corrected chi connectivity index (χ4v) is 3.83. The average molecular weight is 406 g/mol. The van der Waals surface area contributed by atoms with E-state index in [1.165, 1.54) is 34.9 Å². The van der Waals surface area contributed by atoms with Crippen molar-refractivity contribution in [2.24, 2.45) is 0 Å². The van der Waals surface area contributed by atoms with E-state index in [1.54, 1.807) is 18.5 Å². The van der Waals surface area contributed by atoms with Crippen molar-refractivity contribution < 1.29 is 13.6 Å². The fraction of sp³-hybridized carbons (Fsp3) is 0.125. The van der Waals surface area contributed by atoms with Crippen LogP contribution in [-0.4, -0.2) is 29.6 Å². The average Bonchev–Trinajstić information content (AvgIpc) is 3.29. The van der Waals surface area contributed by atoms with Crippen LogP contribution in [0.5, 0.6) is 0 Å². The lowest BCUT2D eigenvalue weighted by atomic mass is 10.1. The predicted molar refractivity (Wildman–Crippen MR) is 101 cm³/mol. The first kappa shape index (κ1) is 18.7. The molecule has 0 bridgehead atoms. The molecule has 0 saturated heterocycles. The molecule has 0 unspecified atom stereocenters. The van der Waals surface area contributed by atoms with Gasteiger partial charge in [-0.15, -0.1) is 11.3 Å². The summed E-state index contributed by atoms with van der Waals surface area (Å²) < 4.78 is 27.7. The monoisotopic (exact) mass is 406 g/mol. The van der Waals surface area contributed by atoms with Gasteiger partial charge in [-0.2, -0.15) is 5.26 Å². The Morgan fingerprint density at radius 2 is 2.15 bits per heavy atom. The second-order valence-corrected chi connectivity index (χ2v) is 6.98.